The number of rotatable bonds is 8. The van der Waals surface area contributed by atoms with Crippen molar-refractivity contribution in [1.29, 1.82) is 5.26 Å². The molecule has 2 aromatic carbocycles. The third kappa shape index (κ3) is 4.76. The predicted molar refractivity (Wildman–Crippen MR) is 135 cm³/mol. The molecule has 0 spiro atoms. The first kappa shape index (κ1) is 22.9. The highest BCUT2D eigenvalue weighted by molar-refractivity contribution is 9.10. The molecular formula is C26H26BrN5O. The lowest BCUT2D eigenvalue weighted by molar-refractivity contribution is 0.102. The fourth-order valence-corrected chi connectivity index (χ4v) is 4.50. The maximum absolute atomic E-state index is 13.1. The number of carbonyl (C=O) groups is 1. The Bertz CT molecular complexity index is 1350. The number of nitrogens with zero attached hydrogens (tertiary/aromatic N) is 4. The Morgan fingerprint density at radius 3 is 2.58 bits per heavy atom. The van der Waals surface area contributed by atoms with E-state index in [1.165, 1.54) is 0 Å². The van der Waals surface area contributed by atoms with E-state index in [-0.39, 0.29) is 5.91 Å². The number of nitrogens with one attached hydrogen (secondary N) is 1. The number of nitriles is 1. The highest BCUT2D eigenvalue weighted by Gasteiger charge is 2.24. The number of hydrogen-bond acceptors (Lipinski definition) is 4. The Kier molecular flexibility index (Phi) is 7.05. The summed E-state index contributed by atoms with van der Waals surface area (Å²) in [6.07, 6.45) is 4.34. The first-order valence-electron chi connectivity index (χ1n) is 11.3. The zero-order valence-corrected chi connectivity index (χ0v) is 20.4. The van der Waals surface area contributed by atoms with Crippen molar-refractivity contribution in [3.05, 3.63) is 64.1 Å². The highest BCUT2D eigenvalue weighted by atomic mass is 79.9. The molecule has 33 heavy (non-hydrogen) atoms. The van der Waals surface area contributed by atoms with Crippen LogP contribution >= 0.6 is 15.9 Å². The van der Waals surface area contributed by atoms with Gasteiger partial charge in [-0.05, 0) is 42.7 Å². The van der Waals surface area contributed by atoms with Gasteiger partial charge in [-0.1, -0.05) is 67.2 Å². The van der Waals surface area contributed by atoms with Crippen LogP contribution in [-0.2, 0) is 6.54 Å². The van der Waals surface area contributed by atoms with Gasteiger partial charge in [-0.2, -0.15) is 5.26 Å². The van der Waals surface area contributed by atoms with E-state index in [0.29, 0.717) is 40.6 Å². The third-order valence-electron chi connectivity index (χ3n) is 5.97. The average molecular weight is 504 g/mol. The molecule has 0 aliphatic heterocycles. The summed E-state index contributed by atoms with van der Waals surface area (Å²) >= 11 is 3.42. The number of fused-ring (bicyclic) bond motifs is 2. The van der Waals surface area contributed by atoms with Gasteiger partial charge in [-0.3, -0.25) is 4.79 Å². The van der Waals surface area contributed by atoms with Gasteiger partial charge < -0.3 is 9.88 Å². The lowest BCUT2D eigenvalue weighted by atomic mass is 9.99. The van der Waals surface area contributed by atoms with Gasteiger partial charge in [0, 0.05) is 16.6 Å². The first-order valence-corrected chi connectivity index (χ1v) is 12.1. The van der Waals surface area contributed by atoms with Crippen LogP contribution in [0.4, 0.5) is 5.82 Å². The van der Waals surface area contributed by atoms with Crippen LogP contribution in [0.15, 0.2) is 53.0 Å². The molecule has 6 nitrogen and oxygen atoms in total. The number of aromatic nitrogens is 3. The fraction of sp³-hybridized carbons (Fsp3) is 0.308. The summed E-state index contributed by atoms with van der Waals surface area (Å²) < 4.78 is 2.80. The van der Waals surface area contributed by atoms with Crippen LogP contribution in [0.1, 0.15) is 55.5 Å². The van der Waals surface area contributed by atoms with Crippen LogP contribution in [0.5, 0.6) is 0 Å². The lowest BCUT2D eigenvalue weighted by Crippen LogP contribution is -2.18. The minimum absolute atomic E-state index is 0.275. The number of carbonyl (C=O) groups excluding carboxylic acids is 1. The molecule has 7 heteroatoms. The second-order valence-electron chi connectivity index (χ2n) is 8.21. The first-order chi connectivity index (χ1) is 16.0. The van der Waals surface area contributed by atoms with E-state index >= 15 is 0 Å². The van der Waals surface area contributed by atoms with Crippen molar-refractivity contribution in [2.24, 2.45) is 5.92 Å². The number of benzene rings is 2. The Hall–Kier alpha value is -3.24. The minimum Gasteiger partial charge on any atom is -0.309 e. The molecule has 0 unspecified atom stereocenters. The number of amides is 1. The maximum atomic E-state index is 13.1. The smallest absolute Gasteiger partial charge is 0.256 e. The number of anilines is 1. The zero-order valence-electron chi connectivity index (χ0n) is 18.8. The van der Waals surface area contributed by atoms with E-state index in [0.717, 1.165) is 41.2 Å². The molecule has 0 bridgehead atoms. The van der Waals surface area contributed by atoms with Crippen LogP contribution in [0.2, 0.25) is 0 Å². The van der Waals surface area contributed by atoms with Gasteiger partial charge in [-0.25, -0.2) is 9.97 Å². The Labute approximate surface area is 201 Å². The second-order valence-corrected chi connectivity index (χ2v) is 9.13. The molecule has 0 aliphatic rings. The van der Waals surface area contributed by atoms with Crippen LogP contribution in [-0.4, -0.2) is 20.4 Å². The van der Waals surface area contributed by atoms with E-state index in [2.05, 4.69) is 41.2 Å². The van der Waals surface area contributed by atoms with E-state index in [9.17, 15) is 10.1 Å². The van der Waals surface area contributed by atoms with E-state index in [1.54, 1.807) is 12.1 Å². The maximum Gasteiger partial charge on any atom is 0.256 e. The molecular weight excluding hydrogens is 478 g/mol. The van der Waals surface area contributed by atoms with E-state index in [1.807, 2.05) is 41.0 Å². The van der Waals surface area contributed by atoms with Crippen molar-refractivity contribution in [2.45, 2.75) is 46.1 Å². The van der Waals surface area contributed by atoms with Crippen LogP contribution in [0.3, 0.4) is 0 Å². The van der Waals surface area contributed by atoms with Gasteiger partial charge in [0.25, 0.3) is 5.91 Å². The lowest BCUT2D eigenvalue weighted by Gasteiger charge is -2.18. The molecule has 2 heterocycles. The fourth-order valence-electron chi connectivity index (χ4n) is 4.10. The van der Waals surface area contributed by atoms with Crippen molar-refractivity contribution in [3.8, 4) is 6.07 Å². The third-order valence-corrected chi connectivity index (χ3v) is 6.46. The van der Waals surface area contributed by atoms with Gasteiger partial charge in [0.1, 0.15) is 23.0 Å². The van der Waals surface area contributed by atoms with Crippen LogP contribution < -0.4 is 5.32 Å². The second kappa shape index (κ2) is 10.1. The van der Waals surface area contributed by atoms with Crippen LogP contribution in [0, 0.1) is 17.2 Å². The molecule has 4 rings (SSSR count). The van der Waals surface area contributed by atoms with E-state index in [4.69, 9.17) is 9.97 Å². The van der Waals surface area contributed by atoms with Gasteiger partial charge in [-0.15, -0.1) is 0 Å². The SMILES string of the molecule is CCCC[C@H](CC)Cn1c(NC(=O)c2cccc(Br)c2)c(C#N)c2nc3ccccc3nc21. The largest absolute Gasteiger partial charge is 0.309 e. The normalized spacial score (nSPS) is 12.1. The summed E-state index contributed by atoms with van der Waals surface area (Å²) in [6, 6.07) is 17.1. The van der Waals surface area contributed by atoms with Crippen molar-refractivity contribution in [2.75, 3.05) is 5.32 Å². The van der Waals surface area contributed by atoms with Crippen molar-refractivity contribution in [1.82, 2.24) is 14.5 Å². The zero-order chi connectivity index (χ0) is 23.4. The molecule has 0 aliphatic carbocycles. The van der Waals surface area contributed by atoms with Gasteiger partial charge in [0.2, 0.25) is 0 Å². The molecule has 1 atom stereocenters. The summed E-state index contributed by atoms with van der Waals surface area (Å²) in [5.74, 6) is 0.590. The Balaban J connectivity index is 1.87. The molecule has 4 aromatic rings. The molecule has 1 N–H and O–H groups in total. The molecule has 2 aromatic heterocycles. The molecule has 1 amide bonds. The number of hydrogen-bond donors (Lipinski definition) is 1. The summed E-state index contributed by atoms with van der Waals surface area (Å²) in [7, 11) is 0. The molecule has 0 fully saturated rings. The minimum atomic E-state index is -0.275. The van der Waals surface area contributed by atoms with Crippen LogP contribution in [0.25, 0.3) is 22.2 Å². The molecule has 168 valence electrons. The number of para-hydroxylation sites is 2. The standard InChI is InChI=1S/C26H26BrN5O/c1-3-5-9-17(4-2)16-32-24(31-26(33)18-10-8-11-19(27)14-18)20(15-28)23-25(32)30-22-13-7-6-12-21(22)29-23/h6-8,10-14,17H,3-5,9,16H2,1-2H3,(H,31,33)/t17-/m0/s1. The predicted octanol–water partition coefficient (Wildman–Crippen LogP) is 6.69. The molecule has 0 radical (unpaired) electrons. The summed E-state index contributed by atoms with van der Waals surface area (Å²) in [6.45, 7) is 5.03. The Morgan fingerprint density at radius 2 is 1.91 bits per heavy atom. The Morgan fingerprint density at radius 1 is 1.15 bits per heavy atom. The van der Waals surface area contributed by atoms with Crippen molar-refractivity contribution >= 4 is 49.9 Å². The average Bonchev–Trinajstić information content (AvgIpc) is 3.10. The molecule has 0 saturated carbocycles. The highest BCUT2D eigenvalue weighted by Crippen LogP contribution is 2.32. The summed E-state index contributed by atoms with van der Waals surface area (Å²) in [5, 5.41) is 13.1. The van der Waals surface area contributed by atoms with Crippen molar-refractivity contribution in [3.63, 3.8) is 0 Å². The van der Waals surface area contributed by atoms with E-state index < -0.39 is 0 Å². The monoisotopic (exact) mass is 503 g/mol. The summed E-state index contributed by atoms with van der Waals surface area (Å²) in [4.78, 5) is 22.7. The number of halogens is 1. The van der Waals surface area contributed by atoms with Gasteiger partial charge in [0.15, 0.2) is 5.65 Å². The van der Waals surface area contributed by atoms with Gasteiger partial charge in [0.05, 0.1) is 11.0 Å². The molecule has 0 saturated heterocycles. The summed E-state index contributed by atoms with van der Waals surface area (Å²) in [5.41, 5.74) is 3.49. The quantitative estimate of drug-likeness (QED) is 0.290. The number of unbranched alkanes of at least 4 members (excludes halogenated alkanes) is 1. The van der Waals surface area contributed by atoms with Gasteiger partial charge >= 0.3 is 0 Å². The van der Waals surface area contributed by atoms with Crippen molar-refractivity contribution < 1.29 is 4.79 Å². The topological polar surface area (TPSA) is 83.6 Å².